The molecule has 1 unspecified atom stereocenters. The summed E-state index contributed by atoms with van der Waals surface area (Å²) in [6.45, 7) is 11.0. The number of rotatable bonds is 6. The van der Waals surface area contributed by atoms with Crippen molar-refractivity contribution in [1.29, 1.82) is 0 Å². The second-order valence-corrected chi connectivity index (χ2v) is 6.83. The topological polar surface area (TPSA) is 76.4 Å². The molecule has 0 saturated heterocycles. The molecule has 0 aliphatic rings. The highest BCUT2D eigenvalue weighted by Gasteiger charge is 2.21. The summed E-state index contributed by atoms with van der Waals surface area (Å²) >= 11 is 0. The van der Waals surface area contributed by atoms with Gasteiger partial charge in [0, 0.05) is 24.8 Å². The maximum atomic E-state index is 11.9. The molecule has 1 aromatic rings. The van der Waals surface area contributed by atoms with Crippen LogP contribution in [0.2, 0.25) is 0 Å². The highest BCUT2D eigenvalue weighted by atomic mass is 16.6. The summed E-state index contributed by atoms with van der Waals surface area (Å²) in [4.78, 5) is 11.9. The van der Waals surface area contributed by atoms with Gasteiger partial charge in [-0.3, -0.25) is 0 Å². The van der Waals surface area contributed by atoms with Crippen LogP contribution in [0.1, 0.15) is 40.2 Å². The van der Waals surface area contributed by atoms with Gasteiger partial charge in [0.25, 0.3) is 0 Å². The molecule has 0 aliphatic carbocycles. The number of nitrogen functional groups attached to an aromatic ring is 1. The molecule has 0 radical (unpaired) electrons. The van der Waals surface area contributed by atoms with E-state index in [0.717, 1.165) is 11.3 Å². The van der Waals surface area contributed by atoms with E-state index in [2.05, 4.69) is 24.5 Å². The molecule has 5 heteroatoms. The molecule has 0 fully saturated rings. The van der Waals surface area contributed by atoms with Crippen LogP contribution in [-0.4, -0.2) is 24.3 Å². The molecule has 124 valence electrons. The fourth-order valence-electron chi connectivity index (χ4n) is 1.97. The lowest BCUT2D eigenvalue weighted by molar-refractivity contribution is 0.0490. The van der Waals surface area contributed by atoms with Crippen molar-refractivity contribution in [2.45, 2.75) is 52.8 Å². The highest BCUT2D eigenvalue weighted by molar-refractivity contribution is 5.68. The molecule has 0 bridgehead atoms. The summed E-state index contributed by atoms with van der Waals surface area (Å²) in [5.74, 6) is 0.299. The second-order valence-electron chi connectivity index (χ2n) is 6.83. The summed E-state index contributed by atoms with van der Waals surface area (Å²) in [7, 11) is 0. The summed E-state index contributed by atoms with van der Waals surface area (Å²) < 4.78 is 5.30. The van der Waals surface area contributed by atoms with Crippen molar-refractivity contribution in [3.8, 4) is 0 Å². The molecule has 22 heavy (non-hydrogen) atoms. The van der Waals surface area contributed by atoms with E-state index in [4.69, 9.17) is 10.5 Å². The van der Waals surface area contributed by atoms with E-state index in [-0.39, 0.29) is 12.1 Å². The molecular weight excluding hydrogens is 278 g/mol. The Hall–Kier alpha value is -1.75. The minimum absolute atomic E-state index is 0.000197. The summed E-state index contributed by atoms with van der Waals surface area (Å²) in [5, 5.41) is 6.26. The monoisotopic (exact) mass is 307 g/mol. The van der Waals surface area contributed by atoms with Crippen LogP contribution in [0, 0.1) is 5.92 Å². The summed E-state index contributed by atoms with van der Waals surface area (Å²) in [5.41, 5.74) is 7.26. The second kappa shape index (κ2) is 8.03. The van der Waals surface area contributed by atoms with E-state index in [9.17, 15) is 4.79 Å². The third-order valence-electron chi connectivity index (χ3n) is 3.24. The SMILES string of the molecule is CC(C)C(CNCc1ccccc1N)NC(=O)OC(C)(C)C. The standard InChI is InChI=1S/C17H29N3O2/c1-12(2)15(20-16(21)22-17(3,4)5)11-19-10-13-8-6-7-9-14(13)18/h6-9,12,15,19H,10-11,18H2,1-5H3,(H,20,21). The number of anilines is 1. The van der Waals surface area contributed by atoms with Crippen LogP contribution in [0.3, 0.4) is 0 Å². The van der Waals surface area contributed by atoms with Gasteiger partial charge in [-0.15, -0.1) is 0 Å². The number of nitrogens with two attached hydrogens (primary N) is 1. The zero-order chi connectivity index (χ0) is 16.8. The number of nitrogens with one attached hydrogen (secondary N) is 2. The van der Waals surface area contributed by atoms with Gasteiger partial charge in [0.2, 0.25) is 0 Å². The van der Waals surface area contributed by atoms with Crippen molar-refractivity contribution in [3.63, 3.8) is 0 Å². The van der Waals surface area contributed by atoms with E-state index >= 15 is 0 Å². The maximum Gasteiger partial charge on any atom is 0.407 e. The normalized spacial score (nSPS) is 13.0. The van der Waals surface area contributed by atoms with Gasteiger partial charge < -0.3 is 21.1 Å². The molecule has 5 nitrogen and oxygen atoms in total. The van der Waals surface area contributed by atoms with Crippen LogP contribution in [0.25, 0.3) is 0 Å². The van der Waals surface area contributed by atoms with Crippen LogP contribution in [0.15, 0.2) is 24.3 Å². The third kappa shape index (κ3) is 6.80. The molecule has 1 atom stereocenters. The third-order valence-corrected chi connectivity index (χ3v) is 3.24. The quantitative estimate of drug-likeness (QED) is 0.706. The average molecular weight is 307 g/mol. The van der Waals surface area contributed by atoms with E-state index < -0.39 is 5.60 Å². The lowest BCUT2D eigenvalue weighted by Gasteiger charge is -2.26. The zero-order valence-electron chi connectivity index (χ0n) is 14.3. The van der Waals surface area contributed by atoms with Gasteiger partial charge in [-0.05, 0) is 38.3 Å². The fourth-order valence-corrected chi connectivity index (χ4v) is 1.97. The zero-order valence-corrected chi connectivity index (χ0v) is 14.3. The molecule has 0 heterocycles. The first-order valence-corrected chi connectivity index (χ1v) is 7.72. The van der Waals surface area contributed by atoms with Gasteiger partial charge in [0.15, 0.2) is 0 Å². The number of carbonyl (C=O) groups excluding carboxylic acids is 1. The summed E-state index contributed by atoms with van der Waals surface area (Å²) in [6, 6.07) is 7.76. The van der Waals surface area contributed by atoms with E-state index in [1.165, 1.54) is 0 Å². The first-order chi connectivity index (χ1) is 10.2. The van der Waals surface area contributed by atoms with Crippen molar-refractivity contribution in [2.24, 2.45) is 5.92 Å². The van der Waals surface area contributed by atoms with Crippen LogP contribution < -0.4 is 16.4 Å². The Morgan fingerprint density at radius 1 is 1.27 bits per heavy atom. The van der Waals surface area contributed by atoms with Crippen molar-refractivity contribution in [3.05, 3.63) is 29.8 Å². The Morgan fingerprint density at radius 2 is 1.91 bits per heavy atom. The van der Waals surface area contributed by atoms with Crippen LogP contribution in [-0.2, 0) is 11.3 Å². The summed E-state index contributed by atoms with van der Waals surface area (Å²) in [6.07, 6.45) is -0.382. The lowest BCUT2D eigenvalue weighted by atomic mass is 10.0. The number of carbonyl (C=O) groups is 1. The van der Waals surface area contributed by atoms with Gasteiger partial charge >= 0.3 is 6.09 Å². The minimum atomic E-state index is -0.489. The van der Waals surface area contributed by atoms with Gasteiger partial charge in [-0.25, -0.2) is 4.79 Å². The van der Waals surface area contributed by atoms with Crippen LogP contribution in [0.5, 0.6) is 0 Å². The molecule has 0 aliphatic heterocycles. The first-order valence-electron chi connectivity index (χ1n) is 7.72. The number of amides is 1. The smallest absolute Gasteiger partial charge is 0.407 e. The van der Waals surface area contributed by atoms with E-state index in [1.807, 2.05) is 45.0 Å². The number of alkyl carbamates (subject to hydrolysis) is 1. The Morgan fingerprint density at radius 3 is 2.45 bits per heavy atom. The number of hydrogen-bond donors (Lipinski definition) is 3. The Bertz CT molecular complexity index is 481. The minimum Gasteiger partial charge on any atom is -0.444 e. The molecule has 1 aromatic carbocycles. The number of hydrogen-bond acceptors (Lipinski definition) is 4. The Labute approximate surface area is 133 Å². The van der Waals surface area contributed by atoms with Crippen molar-refractivity contribution in [1.82, 2.24) is 10.6 Å². The maximum absolute atomic E-state index is 11.9. The molecular formula is C17H29N3O2. The molecule has 1 rings (SSSR count). The predicted molar refractivity (Wildman–Crippen MR) is 90.6 cm³/mol. The lowest BCUT2D eigenvalue weighted by Crippen LogP contribution is -2.47. The first kappa shape index (κ1) is 18.3. The molecule has 0 aromatic heterocycles. The molecule has 0 spiro atoms. The van der Waals surface area contributed by atoms with Gasteiger partial charge in [-0.2, -0.15) is 0 Å². The van der Waals surface area contributed by atoms with Gasteiger partial charge in [-0.1, -0.05) is 32.0 Å². The molecule has 1 amide bonds. The number of benzene rings is 1. The van der Waals surface area contributed by atoms with Crippen molar-refractivity contribution in [2.75, 3.05) is 12.3 Å². The Balaban J connectivity index is 2.48. The van der Waals surface area contributed by atoms with Gasteiger partial charge in [0.05, 0.1) is 0 Å². The Kier molecular flexibility index (Phi) is 6.68. The molecule has 4 N–H and O–H groups in total. The molecule has 0 saturated carbocycles. The van der Waals surface area contributed by atoms with Crippen molar-refractivity contribution < 1.29 is 9.53 Å². The number of para-hydroxylation sites is 1. The fraction of sp³-hybridized carbons (Fsp3) is 0.588. The van der Waals surface area contributed by atoms with E-state index in [0.29, 0.717) is 19.0 Å². The number of ether oxygens (including phenoxy) is 1. The van der Waals surface area contributed by atoms with Crippen LogP contribution >= 0.6 is 0 Å². The average Bonchev–Trinajstić information content (AvgIpc) is 2.37. The largest absolute Gasteiger partial charge is 0.444 e. The van der Waals surface area contributed by atoms with Gasteiger partial charge in [0.1, 0.15) is 5.60 Å². The van der Waals surface area contributed by atoms with Crippen molar-refractivity contribution >= 4 is 11.8 Å². The van der Waals surface area contributed by atoms with Crippen LogP contribution in [0.4, 0.5) is 10.5 Å². The van der Waals surface area contributed by atoms with E-state index in [1.54, 1.807) is 0 Å². The predicted octanol–water partition coefficient (Wildman–Crippen LogP) is 2.91. The highest BCUT2D eigenvalue weighted by Crippen LogP contribution is 2.11.